The van der Waals surface area contributed by atoms with Gasteiger partial charge in [-0.3, -0.25) is 9.69 Å². The van der Waals surface area contributed by atoms with E-state index in [0.29, 0.717) is 45.6 Å². The molecule has 0 aliphatic carbocycles. The van der Waals surface area contributed by atoms with Crippen LogP contribution in [0.5, 0.6) is 5.75 Å². The van der Waals surface area contributed by atoms with Gasteiger partial charge < -0.3 is 19.7 Å². The van der Waals surface area contributed by atoms with Crippen LogP contribution in [0.2, 0.25) is 0 Å². The first kappa shape index (κ1) is 20.5. The molecule has 2 aliphatic heterocycles. The van der Waals surface area contributed by atoms with Crippen molar-refractivity contribution in [3.63, 3.8) is 0 Å². The Hall–Kier alpha value is -2.28. The molecule has 0 aromatic heterocycles. The maximum absolute atomic E-state index is 13.2. The van der Waals surface area contributed by atoms with Crippen molar-refractivity contribution in [1.82, 2.24) is 10.2 Å². The number of fused-ring (bicyclic) bond motifs is 1. The average molecular weight is 389 g/mol. The van der Waals surface area contributed by atoms with Gasteiger partial charge in [0.25, 0.3) is 0 Å². The van der Waals surface area contributed by atoms with Crippen molar-refractivity contribution in [3.05, 3.63) is 24.3 Å². The number of likely N-dealkylation sites (tertiary alicyclic amines) is 1. The molecule has 0 saturated carbocycles. The molecule has 154 valence electrons. The molecule has 1 unspecified atom stereocenters. The molecule has 0 spiro atoms. The first-order valence-corrected chi connectivity index (χ1v) is 10.2. The fourth-order valence-electron chi connectivity index (χ4n) is 3.77. The van der Waals surface area contributed by atoms with Crippen LogP contribution in [0.1, 0.15) is 32.6 Å². The number of carbonyl (C=O) groups excluding carboxylic acids is 2. The fourth-order valence-corrected chi connectivity index (χ4v) is 3.77. The number of piperidine rings is 1. The number of amides is 3. The van der Waals surface area contributed by atoms with E-state index in [9.17, 15) is 9.59 Å². The van der Waals surface area contributed by atoms with E-state index in [1.54, 1.807) is 7.11 Å². The Morgan fingerprint density at radius 2 is 2.00 bits per heavy atom. The standard InChI is InChI=1S/C21H31N3O4/c1-3-17-15-24(18-7-4-5-8-19(18)28-17)21(26)23-12-9-16(10-13-23)20(25)22-11-6-14-27-2/h4-5,7-8,16-17H,3,6,9-15H2,1-2H3,(H,22,25). The molecular weight excluding hydrogens is 358 g/mol. The number of benzene rings is 1. The van der Waals surface area contributed by atoms with Crippen LogP contribution in [-0.2, 0) is 9.53 Å². The van der Waals surface area contributed by atoms with Gasteiger partial charge in [-0.1, -0.05) is 19.1 Å². The molecule has 28 heavy (non-hydrogen) atoms. The zero-order chi connectivity index (χ0) is 19.9. The Kier molecular flexibility index (Phi) is 7.14. The summed E-state index contributed by atoms with van der Waals surface area (Å²) < 4.78 is 11.0. The first-order valence-electron chi connectivity index (χ1n) is 10.2. The molecule has 2 heterocycles. The van der Waals surface area contributed by atoms with Gasteiger partial charge in [0.15, 0.2) is 0 Å². The Balaban J connectivity index is 1.56. The van der Waals surface area contributed by atoms with Crippen LogP contribution < -0.4 is 15.0 Å². The van der Waals surface area contributed by atoms with Crippen molar-refractivity contribution in [2.45, 2.75) is 38.7 Å². The lowest BCUT2D eigenvalue weighted by Gasteiger charge is -2.39. The molecule has 1 saturated heterocycles. The third-order valence-corrected chi connectivity index (χ3v) is 5.48. The minimum Gasteiger partial charge on any atom is -0.486 e. The number of hydrogen-bond donors (Lipinski definition) is 1. The van der Waals surface area contributed by atoms with Crippen molar-refractivity contribution in [3.8, 4) is 5.75 Å². The molecule has 3 rings (SSSR count). The van der Waals surface area contributed by atoms with Gasteiger partial charge in [-0.15, -0.1) is 0 Å². The number of urea groups is 1. The second-order valence-corrected chi connectivity index (χ2v) is 7.41. The van der Waals surface area contributed by atoms with Crippen LogP contribution in [0.15, 0.2) is 24.3 Å². The predicted octanol–water partition coefficient (Wildman–Crippen LogP) is 2.65. The van der Waals surface area contributed by atoms with Crippen LogP contribution in [0, 0.1) is 5.92 Å². The summed E-state index contributed by atoms with van der Waals surface area (Å²) in [6.45, 7) is 5.11. The summed E-state index contributed by atoms with van der Waals surface area (Å²) in [7, 11) is 1.66. The highest BCUT2D eigenvalue weighted by Crippen LogP contribution is 2.34. The number of ether oxygens (including phenoxy) is 2. The SMILES string of the molecule is CCC1CN(C(=O)N2CCC(C(=O)NCCCOC)CC2)c2ccccc2O1. The molecule has 7 heteroatoms. The Bertz CT molecular complexity index is 673. The molecule has 2 aliphatic rings. The van der Waals surface area contributed by atoms with E-state index in [-0.39, 0.29) is 24.0 Å². The van der Waals surface area contributed by atoms with Gasteiger partial charge in [0.2, 0.25) is 5.91 Å². The summed E-state index contributed by atoms with van der Waals surface area (Å²) in [6.07, 6.45) is 3.07. The van der Waals surface area contributed by atoms with Crippen LogP contribution in [-0.4, -0.2) is 62.8 Å². The zero-order valence-corrected chi connectivity index (χ0v) is 16.9. The molecule has 0 radical (unpaired) electrons. The monoisotopic (exact) mass is 389 g/mol. The largest absolute Gasteiger partial charge is 0.486 e. The van der Waals surface area contributed by atoms with E-state index >= 15 is 0 Å². The third kappa shape index (κ3) is 4.76. The van der Waals surface area contributed by atoms with Crippen molar-refractivity contribution in [1.29, 1.82) is 0 Å². The zero-order valence-electron chi connectivity index (χ0n) is 16.9. The molecule has 1 aromatic rings. The lowest BCUT2D eigenvalue weighted by atomic mass is 9.96. The number of carbonyl (C=O) groups is 2. The summed E-state index contributed by atoms with van der Waals surface area (Å²) in [5.74, 6) is 0.831. The van der Waals surface area contributed by atoms with Gasteiger partial charge >= 0.3 is 6.03 Å². The van der Waals surface area contributed by atoms with Crippen molar-refractivity contribution in [2.75, 3.05) is 44.8 Å². The normalized spacial score (nSPS) is 19.7. The van der Waals surface area contributed by atoms with Crippen LogP contribution in [0.3, 0.4) is 0 Å². The van der Waals surface area contributed by atoms with E-state index in [4.69, 9.17) is 9.47 Å². The quantitative estimate of drug-likeness (QED) is 0.760. The topological polar surface area (TPSA) is 71.1 Å². The third-order valence-electron chi connectivity index (χ3n) is 5.48. The van der Waals surface area contributed by atoms with Crippen molar-refractivity contribution in [2.24, 2.45) is 5.92 Å². The molecule has 1 atom stereocenters. The molecular formula is C21H31N3O4. The molecule has 3 amide bonds. The minimum atomic E-state index is -0.0213. The molecule has 7 nitrogen and oxygen atoms in total. The lowest BCUT2D eigenvalue weighted by molar-refractivity contribution is -0.126. The van der Waals surface area contributed by atoms with E-state index in [0.717, 1.165) is 24.3 Å². The van der Waals surface area contributed by atoms with E-state index in [2.05, 4.69) is 12.2 Å². The number of rotatable bonds is 6. The molecule has 0 bridgehead atoms. The lowest BCUT2D eigenvalue weighted by Crippen LogP contribution is -2.52. The van der Waals surface area contributed by atoms with Gasteiger partial charge in [0, 0.05) is 39.3 Å². The average Bonchev–Trinajstić information content (AvgIpc) is 2.75. The van der Waals surface area contributed by atoms with E-state index in [1.807, 2.05) is 34.1 Å². The number of hydrogen-bond acceptors (Lipinski definition) is 4. The Morgan fingerprint density at radius 1 is 1.25 bits per heavy atom. The van der Waals surface area contributed by atoms with Gasteiger partial charge in [0.05, 0.1) is 12.2 Å². The highest BCUT2D eigenvalue weighted by atomic mass is 16.5. The summed E-state index contributed by atoms with van der Waals surface area (Å²) in [5, 5.41) is 2.97. The van der Waals surface area contributed by atoms with Gasteiger partial charge in [-0.25, -0.2) is 4.79 Å². The van der Waals surface area contributed by atoms with E-state index < -0.39 is 0 Å². The van der Waals surface area contributed by atoms with Crippen LogP contribution in [0.25, 0.3) is 0 Å². The van der Waals surface area contributed by atoms with E-state index in [1.165, 1.54) is 0 Å². The maximum atomic E-state index is 13.2. The predicted molar refractivity (Wildman–Crippen MR) is 108 cm³/mol. The molecule has 1 N–H and O–H groups in total. The Morgan fingerprint density at radius 3 is 2.71 bits per heavy atom. The maximum Gasteiger partial charge on any atom is 0.324 e. The molecule has 1 fully saturated rings. The van der Waals surface area contributed by atoms with Crippen molar-refractivity contribution < 1.29 is 19.1 Å². The second-order valence-electron chi connectivity index (χ2n) is 7.41. The smallest absolute Gasteiger partial charge is 0.324 e. The van der Waals surface area contributed by atoms with Crippen LogP contribution in [0.4, 0.5) is 10.5 Å². The summed E-state index contributed by atoms with van der Waals surface area (Å²) >= 11 is 0. The first-order chi connectivity index (χ1) is 13.6. The van der Waals surface area contributed by atoms with Gasteiger partial charge in [-0.05, 0) is 37.8 Å². The van der Waals surface area contributed by atoms with Gasteiger partial charge in [-0.2, -0.15) is 0 Å². The minimum absolute atomic E-state index is 0.00755. The van der Waals surface area contributed by atoms with Crippen LogP contribution >= 0.6 is 0 Å². The fraction of sp³-hybridized carbons (Fsp3) is 0.619. The number of anilines is 1. The summed E-state index contributed by atoms with van der Waals surface area (Å²) in [5.41, 5.74) is 0.829. The van der Waals surface area contributed by atoms with Gasteiger partial charge in [0.1, 0.15) is 11.9 Å². The number of nitrogens with zero attached hydrogens (tertiary/aromatic N) is 2. The number of nitrogens with one attached hydrogen (secondary N) is 1. The van der Waals surface area contributed by atoms with Crippen molar-refractivity contribution >= 4 is 17.6 Å². The highest BCUT2D eigenvalue weighted by molar-refractivity contribution is 5.94. The number of para-hydroxylation sites is 2. The second kappa shape index (κ2) is 9.78. The molecule has 1 aromatic carbocycles. The summed E-state index contributed by atoms with van der Waals surface area (Å²) in [6, 6.07) is 7.70. The highest BCUT2D eigenvalue weighted by Gasteiger charge is 2.34. The Labute approximate surface area is 167 Å². The number of methoxy groups -OCH3 is 1. The summed E-state index contributed by atoms with van der Waals surface area (Å²) in [4.78, 5) is 29.2.